The van der Waals surface area contributed by atoms with Gasteiger partial charge in [0.15, 0.2) is 5.82 Å². The van der Waals surface area contributed by atoms with E-state index < -0.39 is 5.97 Å². The Morgan fingerprint density at radius 3 is 2.74 bits per heavy atom. The highest BCUT2D eigenvalue weighted by Crippen LogP contribution is 2.33. The molecule has 2 heterocycles. The van der Waals surface area contributed by atoms with Crippen LogP contribution in [-0.2, 0) is 9.47 Å². The van der Waals surface area contributed by atoms with Crippen molar-refractivity contribution in [1.29, 1.82) is 0 Å². The van der Waals surface area contributed by atoms with Crippen molar-refractivity contribution >= 4 is 28.3 Å². The summed E-state index contributed by atoms with van der Waals surface area (Å²) >= 11 is 1.24. The third-order valence-electron chi connectivity index (χ3n) is 2.89. The molecular weight excluding hydrogens is 266 g/mol. The maximum atomic E-state index is 12.0. The molecule has 0 unspecified atom stereocenters. The summed E-state index contributed by atoms with van der Waals surface area (Å²) in [7, 11) is 0. The number of nitrogen functional groups attached to an aromatic ring is 1. The van der Waals surface area contributed by atoms with Crippen molar-refractivity contribution < 1.29 is 14.3 Å². The molecule has 7 heteroatoms. The fraction of sp³-hybridized carbons (Fsp3) is 0.667. The van der Waals surface area contributed by atoms with Crippen LogP contribution in [0.25, 0.3) is 0 Å². The largest absolute Gasteiger partial charge is 0.462 e. The summed E-state index contributed by atoms with van der Waals surface area (Å²) in [6.45, 7) is 7.56. The lowest BCUT2D eigenvalue weighted by atomic mass is 10.2. The molecule has 1 aromatic rings. The van der Waals surface area contributed by atoms with Gasteiger partial charge in [-0.25, -0.2) is 4.79 Å². The minimum absolute atomic E-state index is 0.113. The van der Waals surface area contributed by atoms with E-state index in [-0.39, 0.29) is 18.0 Å². The van der Waals surface area contributed by atoms with E-state index in [0.717, 1.165) is 18.1 Å². The third-order valence-corrected chi connectivity index (χ3v) is 3.81. The number of nitrogens with zero attached hydrogens (tertiary/aromatic N) is 2. The SMILES string of the molecule is CCOC(=O)c1c(N)nsc1N1C[C@@H](C)O[C@@H](C)C1. The first kappa shape index (κ1) is 14.1. The first-order chi connectivity index (χ1) is 9.02. The monoisotopic (exact) mass is 285 g/mol. The van der Waals surface area contributed by atoms with Crippen molar-refractivity contribution in [2.24, 2.45) is 0 Å². The lowest BCUT2D eigenvalue weighted by Gasteiger charge is -2.36. The van der Waals surface area contributed by atoms with Crippen LogP contribution >= 0.6 is 11.5 Å². The van der Waals surface area contributed by atoms with Crippen molar-refractivity contribution in [3.63, 3.8) is 0 Å². The molecule has 0 aliphatic carbocycles. The molecule has 0 bridgehead atoms. The van der Waals surface area contributed by atoms with Gasteiger partial charge in [0.25, 0.3) is 0 Å². The van der Waals surface area contributed by atoms with Gasteiger partial charge in [-0.05, 0) is 32.3 Å². The Kier molecular flexibility index (Phi) is 4.26. The molecule has 0 spiro atoms. The van der Waals surface area contributed by atoms with Crippen LogP contribution in [0.4, 0.5) is 10.8 Å². The first-order valence-corrected chi connectivity index (χ1v) is 7.13. The van der Waals surface area contributed by atoms with Crippen LogP contribution in [-0.4, -0.2) is 42.2 Å². The Bertz CT molecular complexity index is 453. The van der Waals surface area contributed by atoms with Gasteiger partial charge in [0.05, 0.1) is 18.8 Å². The smallest absolute Gasteiger partial charge is 0.345 e. The summed E-state index contributed by atoms with van der Waals surface area (Å²) in [5.41, 5.74) is 6.17. The summed E-state index contributed by atoms with van der Waals surface area (Å²) < 4.78 is 14.8. The number of hydrogen-bond donors (Lipinski definition) is 1. The van der Waals surface area contributed by atoms with Crippen LogP contribution in [0.15, 0.2) is 0 Å². The Balaban J connectivity index is 2.27. The van der Waals surface area contributed by atoms with Crippen LogP contribution in [0.3, 0.4) is 0 Å². The summed E-state index contributed by atoms with van der Waals surface area (Å²) in [6.07, 6.45) is 0.226. The highest BCUT2D eigenvalue weighted by atomic mass is 32.1. The predicted molar refractivity (Wildman–Crippen MR) is 74.7 cm³/mol. The van der Waals surface area contributed by atoms with E-state index in [1.165, 1.54) is 11.5 Å². The van der Waals surface area contributed by atoms with Crippen LogP contribution in [0.1, 0.15) is 31.1 Å². The average Bonchev–Trinajstić information content (AvgIpc) is 2.70. The Morgan fingerprint density at radius 1 is 1.53 bits per heavy atom. The van der Waals surface area contributed by atoms with E-state index in [9.17, 15) is 4.79 Å². The highest BCUT2D eigenvalue weighted by molar-refractivity contribution is 7.11. The molecule has 1 aliphatic rings. The second kappa shape index (κ2) is 5.75. The maximum Gasteiger partial charge on any atom is 0.345 e. The van der Waals surface area contributed by atoms with E-state index in [1.807, 2.05) is 13.8 Å². The van der Waals surface area contributed by atoms with Crippen molar-refractivity contribution in [3.05, 3.63) is 5.56 Å². The van der Waals surface area contributed by atoms with Gasteiger partial charge in [-0.2, -0.15) is 4.37 Å². The lowest BCUT2D eigenvalue weighted by Crippen LogP contribution is -2.45. The average molecular weight is 285 g/mol. The zero-order valence-corrected chi connectivity index (χ0v) is 12.2. The number of morpholine rings is 1. The number of nitrogens with two attached hydrogens (primary N) is 1. The zero-order valence-electron chi connectivity index (χ0n) is 11.4. The van der Waals surface area contributed by atoms with Gasteiger partial charge in [-0.1, -0.05) is 0 Å². The number of carbonyl (C=O) groups is 1. The molecule has 0 amide bonds. The van der Waals surface area contributed by atoms with Gasteiger partial charge in [-0.3, -0.25) is 0 Å². The van der Waals surface area contributed by atoms with Gasteiger partial charge in [0.2, 0.25) is 0 Å². The molecule has 2 rings (SSSR count). The van der Waals surface area contributed by atoms with Crippen molar-refractivity contribution in [2.75, 3.05) is 30.3 Å². The standard InChI is InChI=1S/C12H19N3O3S/c1-4-17-12(16)9-10(13)14-19-11(9)15-5-7(2)18-8(3)6-15/h7-8H,4-6H2,1-3H3,(H2,13,14)/t7-,8+. The second-order valence-corrected chi connectivity index (χ2v) is 5.38. The number of anilines is 2. The number of hydrogen-bond acceptors (Lipinski definition) is 7. The normalized spacial score (nSPS) is 23.4. The van der Waals surface area contributed by atoms with Crippen LogP contribution in [0.2, 0.25) is 0 Å². The van der Waals surface area contributed by atoms with E-state index >= 15 is 0 Å². The molecule has 1 aliphatic heterocycles. The highest BCUT2D eigenvalue weighted by Gasteiger charge is 2.29. The third kappa shape index (κ3) is 2.98. The van der Waals surface area contributed by atoms with Gasteiger partial charge in [0.1, 0.15) is 10.6 Å². The minimum atomic E-state index is -0.407. The molecule has 1 fully saturated rings. The zero-order chi connectivity index (χ0) is 14.0. The topological polar surface area (TPSA) is 77.7 Å². The van der Waals surface area contributed by atoms with Crippen LogP contribution in [0.5, 0.6) is 0 Å². The number of ether oxygens (including phenoxy) is 2. The first-order valence-electron chi connectivity index (χ1n) is 6.35. The number of aromatic nitrogens is 1. The molecule has 0 aromatic carbocycles. The molecule has 2 atom stereocenters. The van der Waals surface area contributed by atoms with E-state index in [4.69, 9.17) is 15.2 Å². The Labute approximate surface area is 116 Å². The fourth-order valence-corrected chi connectivity index (χ4v) is 3.07. The van der Waals surface area contributed by atoms with E-state index in [0.29, 0.717) is 12.2 Å². The predicted octanol–water partition coefficient (Wildman–Crippen LogP) is 1.52. The fourth-order valence-electron chi connectivity index (χ4n) is 2.25. The molecular formula is C12H19N3O3S. The molecule has 106 valence electrons. The maximum absolute atomic E-state index is 12.0. The molecule has 1 saturated heterocycles. The van der Waals surface area contributed by atoms with Gasteiger partial charge in [0, 0.05) is 13.1 Å². The van der Waals surface area contributed by atoms with Crippen molar-refractivity contribution in [1.82, 2.24) is 4.37 Å². The van der Waals surface area contributed by atoms with Gasteiger partial charge in [-0.15, -0.1) is 0 Å². The summed E-state index contributed by atoms with van der Waals surface area (Å²) in [6, 6.07) is 0. The van der Waals surface area contributed by atoms with E-state index in [1.54, 1.807) is 6.92 Å². The number of rotatable bonds is 3. The summed E-state index contributed by atoms with van der Waals surface area (Å²) in [5.74, 6) is -0.166. The number of carbonyl (C=O) groups excluding carboxylic acids is 1. The summed E-state index contributed by atoms with van der Waals surface area (Å²) in [5, 5.41) is 0.776. The van der Waals surface area contributed by atoms with Crippen LogP contribution < -0.4 is 10.6 Å². The molecule has 6 nitrogen and oxygen atoms in total. The van der Waals surface area contributed by atoms with Crippen molar-refractivity contribution in [2.45, 2.75) is 33.0 Å². The Hall–Kier alpha value is -1.34. The van der Waals surface area contributed by atoms with E-state index in [2.05, 4.69) is 9.27 Å². The van der Waals surface area contributed by atoms with Gasteiger partial charge >= 0.3 is 5.97 Å². The molecule has 2 N–H and O–H groups in total. The number of esters is 1. The molecule has 0 saturated carbocycles. The quantitative estimate of drug-likeness (QED) is 0.848. The van der Waals surface area contributed by atoms with Crippen LogP contribution in [0, 0.1) is 0 Å². The minimum Gasteiger partial charge on any atom is -0.462 e. The lowest BCUT2D eigenvalue weighted by molar-refractivity contribution is -0.00513. The molecule has 19 heavy (non-hydrogen) atoms. The molecule has 0 radical (unpaired) electrons. The molecule has 1 aromatic heterocycles. The second-order valence-electron chi connectivity index (χ2n) is 4.63. The van der Waals surface area contributed by atoms with Crippen molar-refractivity contribution in [3.8, 4) is 0 Å². The Morgan fingerprint density at radius 2 is 2.16 bits per heavy atom. The summed E-state index contributed by atoms with van der Waals surface area (Å²) in [4.78, 5) is 14.1. The van der Waals surface area contributed by atoms with Gasteiger partial charge < -0.3 is 20.1 Å².